The van der Waals surface area contributed by atoms with E-state index in [1.165, 1.54) is 11.8 Å². The fraction of sp³-hybridized carbons (Fsp3) is 0.481. The quantitative estimate of drug-likeness (QED) is 0.0506. The summed E-state index contributed by atoms with van der Waals surface area (Å²) in [4.78, 5) is 69.9. The van der Waals surface area contributed by atoms with Gasteiger partial charge in [0.15, 0.2) is 5.96 Å². The number of para-hydroxylation sites is 1. The summed E-state index contributed by atoms with van der Waals surface area (Å²) < 4.78 is 0. The molecule has 0 fully saturated rings. The zero-order valence-corrected chi connectivity index (χ0v) is 24.8. The van der Waals surface area contributed by atoms with Gasteiger partial charge in [-0.3, -0.25) is 24.2 Å². The van der Waals surface area contributed by atoms with Crippen LogP contribution < -0.4 is 38.9 Å². The van der Waals surface area contributed by atoms with Crippen LogP contribution in [0.2, 0.25) is 0 Å². The van der Waals surface area contributed by atoms with Crippen LogP contribution in [0.4, 0.5) is 0 Å². The van der Waals surface area contributed by atoms with Gasteiger partial charge in [0.25, 0.3) is 0 Å². The highest BCUT2D eigenvalue weighted by atomic mass is 32.2. The van der Waals surface area contributed by atoms with Gasteiger partial charge in [-0.2, -0.15) is 11.8 Å². The highest BCUT2D eigenvalue weighted by Gasteiger charge is 2.31. The summed E-state index contributed by atoms with van der Waals surface area (Å²) >= 11 is 1.53. The van der Waals surface area contributed by atoms with E-state index in [1.54, 1.807) is 6.20 Å². The van der Waals surface area contributed by atoms with E-state index in [1.807, 2.05) is 30.5 Å². The average Bonchev–Trinajstić information content (AvgIpc) is 3.37. The fourth-order valence-corrected chi connectivity index (χ4v) is 4.73. The van der Waals surface area contributed by atoms with Crippen molar-refractivity contribution in [2.24, 2.45) is 27.9 Å². The smallest absolute Gasteiger partial charge is 0.326 e. The van der Waals surface area contributed by atoms with Crippen LogP contribution in [-0.4, -0.2) is 88.4 Å². The number of nitrogens with two attached hydrogens (primary N) is 4. The lowest BCUT2D eigenvalue weighted by atomic mass is 10.0. The van der Waals surface area contributed by atoms with Gasteiger partial charge in [-0.15, -0.1) is 0 Å². The number of carbonyl (C=O) groups is 5. The van der Waals surface area contributed by atoms with Crippen LogP contribution in [-0.2, 0) is 30.4 Å². The third kappa shape index (κ3) is 11.8. The van der Waals surface area contributed by atoms with E-state index in [-0.39, 0.29) is 44.6 Å². The molecule has 16 heteroatoms. The molecule has 236 valence electrons. The van der Waals surface area contributed by atoms with E-state index in [0.29, 0.717) is 12.2 Å². The molecule has 1 heterocycles. The number of guanidine groups is 1. The van der Waals surface area contributed by atoms with Crippen LogP contribution in [0.15, 0.2) is 35.5 Å². The molecular formula is C27H41N9O6S. The van der Waals surface area contributed by atoms with Gasteiger partial charge >= 0.3 is 5.97 Å². The van der Waals surface area contributed by atoms with E-state index in [4.69, 9.17) is 22.9 Å². The predicted molar refractivity (Wildman–Crippen MR) is 165 cm³/mol. The van der Waals surface area contributed by atoms with E-state index in [2.05, 4.69) is 25.9 Å². The Morgan fingerprint density at radius 1 is 0.930 bits per heavy atom. The molecule has 13 N–H and O–H groups in total. The van der Waals surface area contributed by atoms with E-state index in [0.717, 1.165) is 16.5 Å². The topological polar surface area (TPSA) is 274 Å². The molecule has 0 saturated heterocycles. The molecule has 15 nitrogen and oxygen atoms in total. The molecule has 0 aliphatic heterocycles. The van der Waals surface area contributed by atoms with Crippen molar-refractivity contribution in [2.75, 3.05) is 18.6 Å². The van der Waals surface area contributed by atoms with Gasteiger partial charge in [-0.25, -0.2) is 4.79 Å². The number of primary amides is 1. The van der Waals surface area contributed by atoms with E-state index in [9.17, 15) is 29.1 Å². The van der Waals surface area contributed by atoms with Crippen molar-refractivity contribution in [3.05, 3.63) is 36.0 Å². The molecule has 2 rings (SSSR count). The van der Waals surface area contributed by atoms with Crippen LogP contribution in [0.5, 0.6) is 0 Å². The molecule has 4 atom stereocenters. The zero-order valence-electron chi connectivity index (χ0n) is 24.0. The molecule has 0 saturated carbocycles. The molecule has 0 aliphatic rings. The third-order valence-corrected chi connectivity index (χ3v) is 7.22. The average molecular weight is 620 g/mol. The molecule has 0 bridgehead atoms. The second-order valence-electron chi connectivity index (χ2n) is 9.93. The number of H-pyrrole nitrogens is 1. The van der Waals surface area contributed by atoms with Crippen LogP contribution in [0.25, 0.3) is 10.9 Å². The number of aromatic nitrogens is 1. The number of thioether (sulfide) groups is 1. The Morgan fingerprint density at radius 3 is 2.23 bits per heavy atom. The van der Waals surface area contributed by atoms with Gasteiger partial charge in [-0.1, -0.05) is 18.2 Å². The van der Waals surface area contributed by atoms with Gasteiger partial charge in [0.05, 0.1) is 6.04 Å². The van der Waals surface area contributed by atoms with Crippen molar-refractivity contribution in [2.45, 2.75) is 62.7 Å². The summed E-state index contributed by atoms with van der Waals surface area (Å²) in [5.41, 5.74) is 23.5. The first-order valence-corrected chi connectivity index (χ1v) is 15.1. The second-order valence-corrected chi connectivity index (χ2v) is 10.9. The third-order valence-electron chi connectivity index (χ3n) is 6.57. The molecule has 4 unspecified atom stereocenters. The molecule has 0 radical (unpaired) electrons. The standard InChI is InChI=1S/C27H41N9O6S/c1-43-12-10-17(28)23(38)36-21(13-15-14-33-18-6-3-2-5-16(15)18)25(40)34-19(8-9-22(29)37)24(39)35-20(26(41)42)7-4-11-32-27(30)31/h2-3,5-6,14,17,19-21,33H,4,7-13,28H2,1H3,(H2,29,37)(H,34,40)(H,35,39)(H,36,38)(H,41,42)(H4,30,31,32). The summed E-state index contributed by atoms with van der Waals surface area (Å²) in [6.45, 7) is 0.151. The van der Waals surface area contributed by atoms with Gasteiger partial charge in [0, 0.05) is 36.5 Å². The first kappa shape index (κ1) is 34.9. The van der Waals surface area contributed by atoms with Gasteiger partial charge in [-0.05, 0) is 49.3 Å². The first-order valence-electron chi connectivity index (χ1n) is 13.7. The monoisotopic (exact) mass is 619 g/mol. The van der Waals surface area contributed by atoms with Gasteiger partial charge in [0.2, 0.25) is 23.6 Å². The number of carbonyl (C=O) groups excluding carboxylic acids is 4. The molecule has 1 aromatic carbocycles. The van der Waals surface area contributed by atoms with Crippen molar-refractivity contribution < 1.29 is 29.1 Å². The summed E-state index contributed by atoms with van der Waals surface area (Å²) in [5, 5.41) is 18.1. The van der Waals surface area contributed by atoms with Crippen molar-refractivity contribution in [3.63, 3.8) is 0 Å². The Labute approximate surface area is 253 Å². The molecule has 1 aromatic heterocycles. The molecule has 2 aromatic rings. The lowest BCUT2D eigenvalue weighted by Crippen LogP contribution is -2.57. The number of carboxylic acid groups (broad SMARTS) is 1. The maximum Gasteiger partial charge on any atom is 0.326 e. The molecule has 4 amide bonds. The lowest BCUT2D eigenvalue weighted by Gasteiger charge is -2.25. The normalized spacial score (nSPS) is 13.7. The van der Waals surface area contributed by atoms with Crippen molar-refractivity contribution in [1.82, 2.24) is 20.9 Å². The Balaban J connectivity index is 2.26. The van der Waals surface area contributed by atoms with E-state index >= 15 is 0 Å². The summed E-state index contributed by atoms with van der Waals surface area (Å²) in [6, 6.07) is 2.77. The number of fused-ring (bicyclic) bond motifs is 1. The van der Waals surface area contributed by atoms with Crippen molar-refractivity contribution in [3.8, 4) is 0 Å². The maximum atomic E-state index is 13.6. The molecule has 0 aliphatic carbocycles. The fourth-order valence-electron chi connectivity index (χ4n) is 4.25. The zero-order chi connectivity index (χ0) is 31.9. The number of hydrogen-bond acceptors (Lipinski definition) is 8. The van der Waals surface area contributed by atoms with Crippen LogP contribution in [0, 0.1) is 0 Å². The Kier molecular flexibility index (Phi) is 14.3. The van der Waals surface area contributed by atoms with Gasteiger partial charge in [0.1, 0.15) is 18.1 Å². The number of aromatic amines is 1. The van der Waals surface area contributed by atoms with Crippen molar-refractivity contribution >= 4 is 58.2 Å². The number of nitrogens with one attached hydrogen (secondary N) is 4. The van der Waals surface area contributed by atoms with Crippen LogP contribution in [0.1, 0.15) is 37.7 Å². The number of aliphatic carboxylic acids is 1. The minimum absolute atomic E-state index is 0.00151. The number of benzene rings is 1. The number of rotatable bonds is 19. The number of aliphatic imine (C=N–C) groups is 1. The van der Waals surface area contributed by atoms with Crippen LogP contribution >= 0.6 is 11.8 Å². The summed E-state index contributed by atoms with van der Waals surface area (Å²) in [6.07, 6.45) is 3.84. The number of carboxylic acids is 1. The Morgan fingerprint density at radius 2 is 1.58 bits per heavy atom. The largest absolute Gasteiger partial charge is 0.480 e. The van der Waals surface area contributed by atoms with Crippen LogP contribution in [0.3, 0.4) is 0 Å². The number of nitrogens with zero attached hydrogens (tertiary/aromatic N) is 1. The molecular weight excluding hydrogens is 578 g/mol. The summed E-state index contributed by atoms with van der Waals surface area (Å²) in [7, 11) is 0. The minimum Gasteiger partial charge on any atom is -0.480 e. The van der Waals surface area contributed by atoms with E-state index < -0.39 is 53.8 Å². The molecule has 0 spiro atoms. The summed E-state index contributed by atoms with van der Waals surface area (Å²) in [5.74, 6) is -3.63. The Bertz CT molecular complexity index is 1300. The highest BCUT2D eigenvalue weighted by molar-refractivity contribution is 7.98. The minimum atomic E-state index is -1.33. The maximum absolute atomic E-state index is 13.6. The lowest BCUT2D eigenvalue weighted by molar-refractivity contribution is -0.142. The van der Waals surface area contributed by atoms with Crippen molar-refractivity contribution in [1.29, 1.82) is 0 Å². The number of hydrogen-bond donors (Lipinski definition) is 9. The second kappa shape index (κ2) is 17.6. The van der Waals surface area contributed by atoms with Gasteiger partial charge < -0.3 is 49.0 Å². The Hall–Kier alpha value is -4.31. The number of amides is 4. The SMILES string of the molecule is CSCCC(N)C(=O)NC(Cc1c[nH]c2ccccc12)C(=O)NC(CCC(N)=O)C(=O)NC(CCCN=C(N)N)C(=O)O. The molecule has 43 heavy (non-hydrogen) atoms. The highest BCUT2D eigenvalue weighted by Crippen LogP contribution is 2.19. The predicted octanol–water partition coefficient (Wildman–Crippen LogP) is -1.35. The first-order chi connectivity index (χ1) is 20.4.